The van der Waals surface area contributed by atoms with Gasteiger partial charge in [-0.2, -0.15) is 0 Å². The predicted octanol–water partition coefficient (Wildman–Crippen LogP) is 2.86. The van der Waals surface area contributed by atoms with Gasteiger partial charge in [0.15, 0.2) is 11.3 Å². The Balaban J connectivity index is 2.83. The van der Waals surface area contributed by atoms with Gasteiger partial charge >= 0.3 is 5.63 Å². The first-order valence-electron chi connectivity index (χ1n) is 5.80. The lowest BCUT2D eigenvalue weighted by Crippen LogP contribution is -2.24. The third kappa shape index (κ3) is 2.46. The molecule has 0 fully saturated rings. The summed E-state index contributed by atoms with van der Waals surface area (Å²) in [6.45, 7) is 2.15. The Bertz CT molecular complexity index is 739. The predicted molar refractivity (Wildman–Crippen MR) is 77.1 cm³/mol. The Morgan fingerprint density at radius 1 is 1.40 bits per heavy atom. The highest BCUT2D eigenvalue weighted by Gasteiger charge is 2.18. The Morgan fingerprint density at radius 2 is 2.10 bits per heavy atom. The molecular formula is C13H11Cl2NO4. The summed E-state index contributed by atoms with van der Waals surface area (Å²) in [7, 11) is 1.41. The normalized spacial score (nSPS) is 10.6. The van der Waals surface area contributed by atoms with E-state index in [2.05, 4.69) is 5.32 Å². The second kappa shape index (κ2) is 5.73. The molecule has 1 aromatic heterocycles. The first kappa shape index (κ1) is 14.7. The molecule has 0 saturated heterocycles. The largest absolute Gasteiger partial charge is 0.490 e. The monoisotopic (exact) mass is 315 g/mol. The van der Waals surface area contributed by atoms with Gasteiger partial charge in [-0.15, -0.1) is 0 Å². The SMILES string of the molecule is CCOc1cc(Cl)c(Cl)c2cc(C(=O)NC)c(=O)oc12. The second-order valence-corrected chi connectivity index (χ2v) is 4.66. The van der Waals surface area contributed by atoms with Crippen LogP contribution in [-0.2, 0) is 0 Å². The standard InChI is InChI=1S/C13H11Cl2NO4/c1-3-19-9-5-8(14)10(15)6-4-7(12(17)16-2)13(18)20-11(6)9/h4-5H,3H2,1-2H3,(H,16,17). The molecule has 2 rings (SSSR count). The summed E-state index contributed by atoms with van der Waals surface area (Å²) in [5.41, 5.74) is -0.748. The van der Waals surface area contributed by atoms with Crippen LogP contribution in [0.15, 0.2) is 21.3 Å². The van der Waals surface area contributed by atoms with Crippen LogP contribution in [0, 0.1) is 0 Å². The zero-order chi connectivity index (χ0) is 14.9. The third-order valence-corrected chi connectivity index (χ3v) is 3.45. The molecule has 0 spiro atoms. The average Bonchev–Trinajstić information content (AvgIpc) is 2.43. The van der Waals surface area contributed by atoms with Crippen LogP contribution in [0.25, 0.3) is 11.0 Å². The molecule has 0 atom stereocenters. The summed E-state index contributed by atoms with van der Waals surface area (Å²) in [4.78, 5) is 23.4. The summed E-state index contributed by atoms with van der Waals surface area (Å²) in [5, 5.41) is 3.15. The highest BCUT2D eigenvalue weighted by atomic mass is 35.5. The van der Waals surface area contributed by atoms with Gasteiger partial charge < -0.3 is 14.5 Å². The number of carbonyl (C=O) groups is 1. The van der Waals surface area contributed by atoms with Gasteiger partial charge in [-0.25, -0.2) is 4.79 Å². The lowest BCUT2D eigenvalue weighted by atomic mass is 10.1. The number of nitrogens with one attached hydrogen (secondary N) is 1. The molecule has 7 heteroatoms. The fourth-order valence-electron chi connectivity index (χ4n) is 1.75. The van der Waals surface area contributed by atoms with Gasteiger partial charge in [0, 0.05) is 18.5 Å². The number of carbonyl (C=O) groups excluding carboxylic acids is 1. The van der Waals surface area contributed by atoms with Crippen LogP contribution in [0.2, 0.25) is 10.0 Å². The highest BCUT2D eigenvalue weighted by molar-refractivity contribution is 6.45. The van der Waals surface area contributed by atoms with Gasteiger partial charge in [0.1, 0.15) is 5.56 Å². The lowest BCUT2D eigenvalue weighted by Gasteiger charge is -2.09. The molecule has 20 heavy (non-hydrogen) atoms. The highest BCUT2D eigenvalue weighted by Crippen LogP contribution is 2.37. The fraction of sp³-hybridized carbons (Fsp3) is 0.231. The van der Waals surface area contributed by atoms with E-state index >= 15 is 0 Å². The van der Waals surface area contributed by atoms with E-state index < -0.39 is 11.5 Å². The number of halogens is 2. The summed E-state index contributed by atoms with van der Waals surface area (Å²) < 4.78 is 10.5. The quantitative estimate of drug-likeness (QED) is 0.884. The van der Waals surface area contributed by atoms with Gasteiger partial charge in [0.05, 0.1) is 16.7 Å². The molecule has 1 heterocycles. The van der Waals surface area contributed by atoms with Crippen molar-refractivity contribution in [2.75, 3.05) is 13.7 Å². The van der Waals surface area contributed by atoms with E-state index in [1.54, 1.807) is 6.92 Å². The van der Waals surface area contributed by atoms with E-state index in [4.69, 9.17) is 32.4 Å². The molecule has 0 aliphatic heterocycles. The first-order valence-corrected chi connectivity index (χ1v) is 6.55. The molecule has 1 N–H and O–H groups in total. The maximum atomic E-state index is 11.8. The van der Waals surface area contributed by atoms with E-state index in [9.17, 15) is 9.59 Å². The van der Waals surface area contributed by atoms with E-state index in [0.717, 1.165) is 0 Å². The van der Waals surface area contributed by atoms with Gasteiger partial charge in [-0.3, -0.25) is 4.79 Å². The molecule has 0 aliphatic carbocycles. The van der Waals surface area contributed by atoms with Crippen molar-refractivity contribution in [1.29, 1.82) is 0 Å². The fourth-order valence-corrected chi connectivity index (χ4v) is 2.14. The van der Waals surface area contributed by atoms with Crippen LogP contribution >= 0.6 is 23.2 Å². The average molecular weight is 316 g/mol. The smallest absolute Gasteiger partial charge is 0.349 e. The maximum absolute atomic E-state index is 11.8. The van der Waals surface area contributed by atoms with Crippen LogP contribution in [-0.4, -0.2) is 19.6 Å². The van der Waals surface area contributed by atoms with Crippen molar-refractivity contribution in [3.05, 3.63) is 38.2 Å². The van der Waals surface area contributed by atoms with Crippen LogP contribution in [0.5, 0.6) is 5.75 Å². The number of rotatable bonds is 3. The minimum Gasteiger partial charge on any atom is -0.490 e. The van der Waals surface area contributed by atoms with Crippen molar-refractivity contribution in [1.82, 2.24) is 5.32 Å². The first-order chi connectivity index (χ1) is 9.49. The Morgan fingerprint density at radius 3 is 2.70 bits per heavy atom. The summed E-state index contributed by atoms with van der Waals surface area (Å²) in [6, 6.07) is 2.81. The molecule has 0 bridgehead atoms. The van der Waals surface area contributed by atoms with Crippen LogP contribution < -0.4 is 15.7 Å². The summed E-state index contributed by atoms with van der Waals surface area (Å²) in [5.74, 6) is -0.257. The molecule has 0 aliphatic rings. The van der Waals surface area contributed by atoms with Crippen LogP contribution in [0.3, 0.4) is 0 Å². The lowest BCUT2D eigenvalue weighted by molar-refractivity contribution is 0.0959. The van der Waals surface area contributed by atoms with Crippen LogP contribution in [0.4, 0.5) is 0 Å². The Kier molecular flexibility index (Phi) is 4.20. The molecule has 1 aromatic carbocycles. The summed E-state index contributed by atoms with van der Waals surface area (Å²) >= 11 is 12.1. The molecule has 0 radical (unpaired) electrons. The van der Waals surface area contributed by atoms with Crippen molar-refractivity contribution in [3.63, 3.8) is 0 Å². The minimum absolute atomic E-state index is 0.147. The van der Waals surface area contributed by atoms with Crippen LogP contribution in [0.1, 0.15) is 17.3 Å². The molecule has 2 aromatic rings. The number of fused-ring (bicyclic) bond motifs is 1. The van der Waals surface area contributed by atoms with Gasteiger partial charge in [-0.1, -0.05) is 23.2 Å². The van der Waals surface area contributed by atoms with Crippen molar-refractivity contribution in [2.24, 2.45) is 0 Å². The topological polar surface area (TPSA) is 68.5 Å². The number of hydrogen-bond donors (Lipinski definition) is 1. The Labute approximate surface area is 124 Å². The number of benzene rings is 1. The molecule has 5 nitrogen and oxygen atoms in total. The van der Waals surface area contributed by atoms with E-state index in [-0.39, 0.29) is 21.2 Å². The minimum atomic E-state index is -0.767. The van der Waals surface area contributed by atoms with Gasteiger partial charge in [0.25, 0.3) is 5.91 Å². The zero-order valence-electron chi connectivity index (χ0n) is 10.8. The second-order valence-electron chi connectivity index (χ2n) is 3.87. The number of amides is 1. The van der Waals surface area contributed by atoms with E-state index in [1.807, 2.05) is 0 Å². The van der Waals surface area contributed by atoms with Gasteiger partial charge in [-0.05, 0) is 13.0 Å². The summed E-state index contributed by atoms with van der Waals surface area (Å²) in [6.07, 6.45) is 0. The van der Waals surface area contributed by atoms with Crippen molar-refractivity contribution in [2.45, 2.75) is 6.92 Å². The third-order valence-electron chi connectivity index (χ3n) is 2.65. The van der Waals surface area contributed by atoms with Gasteiger partial charge in [0.2, 0.25) is 0 Å². The Hall–Kier alpha value is -1.72. The van der Waals surface area contributed by atoms with E-state index in [1.165, 1.54) is 19.2 Å². The zero-order valence-corrected chi connectivity index (χ0v) is 12.3. The molecular weight excluding hydrogens is 305 g/mol. The molecule has 106 valence electrons. The number of ether oxygens (including phenoxy) is 1. The van der Waals surface area contributed by atoms with Crippen molar-refractivity contribution in [3.8, 4) is 5.75 Å². The van der Waals surface area contributed by atoms with Crippen molar-refractivity contribution < 1.29 is 13.9 Å². The molecule has 1 amide bonds. The van der Waals surface area contributed by atoms with E-state index in [0.29, 0.717) is 17.7 Å². The molecule has 0 saturated carbocycles. The number of hydrogen-bond acceptors (Lipinski definition) is 4. The maximum Gasteiger partial charge on any atom is 0.349 e. The van der Waals surface area contributed by atoms with Crippen molar-refractivity contribution >= 4 is 40.1 Å². The molecule has 0 unspecified atom stereocenters.